The lowest BCUT2D eigenvalue weighted by Crippen LogP contribution is -2.31. The number of anilines is 2. The van der Waals surface area contributed by atoms with E-state index in [-0.39, 0.29) is 0 Å². The number of pyridine rings is 1. The molecule has 0 radical (unpaired) electrons. The number of hydrogen-bond donors (Lipinski definition) is 1. The van der Waals surface area contributed by atoms with Gasteiger partial charge in [0.25, 0.3) is 5.82 Å². The molecule has 0 saturated heterocycles. The van der Waals surface area contributed by atoms with Crippen molar-refractivity contribution in [3.05, 3.63) is 53.7 Å². The number of nitrogens with zero attached hydrogens (tertiary/aromatic N) is 2. The maximum absolute atomic E-state index is 5.87. The van der Waals surface area contributed by atoms with Crippen LogP contribution in [0.5, 0.6) is 0 Å². The van der Waals surface area contributed by atoms with Crippen LogP contribution in [-0.2, 0) is 7.05 Å². The van der Waals surface area contributed by atoms with Gasteiger partial charge in [-0.3, -0.25) is 5.73 Å². The second-order valence-electron chi connectivity index (χ2n) is 4.82. The number of aryl methyl sites for hydroxylation is 1. The lowest BCUT2D eigenvalue weighted by molar-refractivity contribution is -0.656. The van der Waals surface area contributed by atoms with Crippen molar-refractivity contribution in [3.8, 4) is 0 Å². The van der Waals surface area contributed by atoms with Crippen LogP contribution in [0.2, 0.25) is 0 Å². The average molecular weight is 254 g/mol. The summed E-state index contributed by atoms with van der Waals surface area (Å²) in [5, 5.41) is 0. The molecule has 3 nitrogen and oxygen atoms in total. The van der Waals surface area contributed by atoms with Gasteiger partial charge >= 0.3 is 0 Å². The van der Waals surface area contributed by atoms with E-state index in [4.69, 9.17) is 5.73 Å². The zero-order valence-electron chi connectivity index (χ0n) is 11.7. The SMILES string of the molecule is CN(C)c1ccc(C=Cc2cc[n+](C)c(N)c2)cc1. The first-order valence-corrected chi connectivity index (χ1v) is 6.27. The zero-order valence-corrected chi connectivity index (χ0v) is 11.7. The van der Waals surface area contributed by atoms with Gasteiger partial charge in [0.15, 0.2) is 0 Å². The van der Waals surface area contributed by atoms with Crippen LogP contribution in [-0.4, -0.2) is 14.1 Å². The number of rotatable bonds is 3. The molecular weight excluding hydrogens is 234 g/mol. The molecule has 0 aliphatic carbocycles. The predicted molar refractivity (Wildman–Crippen MR) is 81.7 cm³/mol. The molecule has 1 aromatic carbocycles. The van der Waals surface area contributed by atoms with Crippen molar-refractivity contribution >= 4 is 23.7 Å². The topological polar surface area (TPSA) is 33.1 Å². The third kappa shape index (κ3) is 3.35. The van der Waals surface area contributed by atoms with Crippen LogP contribution in [0.1, 0.15) is 11.1 Å². The summed E-state index contributed by atoms with van der Waals surface area (Å²) in [7, 11) is 6.01. The van der Waals surface area contributed by atoms with E-state index in [1.54, 1.807) is 0 Å². The summed E-state index contributed by atoms with van der Waals surface area (Å²) in [6.07, 6.45) is 6.12. The number of hydrogen-bond acceptors (Lipinski definition) is 2. The Hall–Kier alpha value is -2.29. The van der Waals surface area contributed by atoms with Gasteiger partial charge in [-0.15, -0.1) is 0 Å². The molecule has 19 heavy (non-hydrogen) atoms. The summed E-state index contributed by atoms with van der Waals surface area (Å²) >= 11 is 0. The molecule has 0 saturated carbocycles. The van der Waals surface area contributed by atoms with E-state index < -0.39 is 0 Å². The number of aromatic nitrogens is 1. The highest BCUT2D eigenvalue weighted by atomic mass is 15.1. The molecule has 2 rings (SSSR count). The first kappa shape index (κ1) is 13.1. The van der Waals surface area contributed by atoms with Crippen LogP contribution in [0.25, 0.3) is 12.2 Å². The van der Waals surface area contributed by atoms with E-state index in [0.717, 1.165) is 11.4 Å². The molecule has 98 valence electrons. The molecule has 0 spiro atoms. The molecule has 0 atom stereocenters. The fourth-order valence-corrected chi connectivity index (χ4v) is 1.78. The minimum Gasteiger partial charge on any atom is -0.378 e. The summed E-state index contributed by atoms with van der Waals surface area (Å²) in [4.78, 5) is 2.09. The van der Waals surface area contributed by atoms with Gasteiger partial charge in [-0.1, -0.05) is 24.3 Å². The lowest BCUT2D eigenvalue weighted by atomic mass is 10.1. The largest absolute Gasteiger partial charge is 0.378 e. The minimum atomic E-state index is 0.755. The Balaban J connectivity index is 2.15. The molecule has 0 unspecified atom stereocenters. The van der Waals surface area contributed by atoms with E-state index in [1.165, 1.54) is 11.3 Å². The average Bonchev–Trinajstić information content (AvgIpc) is 2.40. The van der Waals surface area contributed by atoms with Crippen molar-refractivity contribution < 1.29 is 4.57 Å². The van der Waals surface area contributed by atoms with Crippen LogP contribution in [0.15, 0.2) is 42.6 Å². The number of benzene rings is 1. The Kier molecular flexibility index (Phi) is 3.85. The van der Waals surface area contributed by atoms with E-state index in [9.17, 15) is 0 Å². The third-order valence-corrected chi connectivity index (χ3v) is 3.09. The summed E-state index contributed by atoms with van der Waals surface area (Å²) in [5.41, 5.74) is 9.35. The van der Waals surface area contributed by atoms with Crippen molar-refractivity contribution in [1.29, 1.82) is 0 Å². The van der Waals surface area contributed by atoms with Crippen molar-refractivity contribution in [2.24, 2.45) is 7.05 Å². The standard InChI is InChI=1S/C16H19N3/c1-18(2)15-8-6-13(7-9-15)4-5-14-10-11-19(3)16(17)12-14/h4-12,17H,1-3H3/p+1. The fraction of sp³-hybridized carbons (Fsp3) is 0.188. The Bertz CT molecular complexity index is 583. The third-order valence-electron chi connectivity index (χ3n) is 3.09. The van der Waals surface area contributed by atoms with Gasteiger partial charge in [0.05, 0.1) is 13.2 Å². The first-order chi connectivity index (χ1) is 9.06. The Morgan fingerprint density at radius 1 is 1.00 bits per heavy atom. The highest BCUT2D eigenvalue weighted by Gasteiger charge is 1.99. The van der Waals surface area contributed by atoms with Crippen molar-refractivity contribution in [2.45, 2.75) is 0 Å². The highest BCUT2D eigenvalue weighted by Crippen LogP contribution is 2.14. The Labute approximate surface area is 114 Å². The van der Waals surface area contributed by atoms with E-state index in [2.05, 4.69) is 41.3 Å². The normalized spacial score (nSPS) is 10.9. The molecule has 0 bridgehead atoms. The Morgan fingerprint density at radius 3 is 2.21 bits per heavy atom. The van der Waals surface area contributed by atoms with Gasteiger partial charge in [0.1, 0.15) is 0 Å². The maximum Gasteiger partial charge on any atom is 0.272 e. The molecule has 3 heteroatoms. The quantitative estimate of drug-likeness (QED) is 0.853. The Morgan fingerprint density at radius 2 is 1.63 bits per heavy atom. The molecule has 0 aliphatic rings. The smallest absolute Gasteiger partial charge is 0.272 e. The van der Waals surface area contributed by atoms with E-state index in [0.29, 0.717) is 0 Å². The maximum atomic E-state index is 5.87. The molecule has 0 fully saturated rings. The van der Waals surface area contributed by atoms with Crippen LogP contribution < -0.4 is 15.2 Å². The molecule has 0 amide bonds. The summed E-state index contributed by atoms with van der Waals surface area (Å²) in [5.74, 6) is 0.755. The molecule has 1 heterocycles. The van der Waals surface area contributed by atoms with Crippen molar-refractivity contribution in [2.75, 3.05) is 24.7 Å². The van der Waals surface area contributed by atoms with Gasteiger partial charge in [-0.2, -0.15) is 0 Å². The summed E-state index contributed by atoms with van der Waals surface area (Å²) in [6, 6.07) is 12.4. The van der Waals surface area contributed by atoms with E-state index >= 15 is 0 Å². The zero-order chi connectivity index (χ0) is 13.8. The number of nitrogens with two attached hydrogens (primary N) is 1. The second kappa shape index (κ2) is 5.57. The fourth-order valence-electron chi connectivity index (χ4n) is 1.78. The van der Waals surface area contributed by atoms with Crippen LogP contribution in [0, 0.1) is 0 Å². The predicted octanol–water partition coefficient (Wildman–Crippen LogP) is 2.33. The van der Waals surface area contributed by atoms with Crippen molar-refractivity contribution in [1.82, 2.24) is 0 Å². The first-order valence-electron chi connectivity index (χ1n) is 6.27. The lowest BCUT2D eigenvalue weighted by Gasteiger charge is -2.11. The molecule has 0 aliphatic heterocycles. The summed E-state index contributed by atoms with van der Waals surface area (Å²) < 4.78 is 1.89. The minimum absolute atomic E-state index is 0.755. The van der Waals surface area contributed by atoms with E-state index in [1.807, 2.05) is 44.0 Å². The highest BCUT2D eigenvalue weighted by molar-refractivity contribution is 5.70. The van der Waals surface area contributed by atoms with Gasteiger partial charge in [0, 0.05) is 25.8 Å². The molecule has 2 aromatic rings. The monoisotopic (exact) mass is 254 g/mol. The molecule has 1 aromatic heterocycles. The van der Waals surface area contributed by atoms with Gasteiger partial charge in [-0.05, 0) is 29.3 Å². The van der Waals surface area contributed by atoms with Crippen molar-refractivity contribution in [3.63, 3.8) is 0 Å². The van der Waals surface area contributed by atoms with Crippen LogP contribution in [0.3, 0.4) is 0 Å². The van der Waals surface area contributed by atoms with Gasteiger partial charge < -0.3 is 4.90 Å². The van der Waals surface area contributed by atoms with Gasteiger partial charge in [-0.25, -0.2) is 4.57 Å². The molecule has 2 N–H and O–H groups in total. The molecular formula is C16H20N3+. The second-order valence-corrected chi connectivity index (χ2v) is 4.82. The number of nitrogen functional groups attached to an aromatic ring is 1. The summed E-state index contributed by atoms with van der Waals surface area (Å²) in [6.45, 7) is 0. The van der Waals surface area contributed by atoms with Crippen LogP contribution in [0.4, 0.5) is 11.5 Å². The van der Waals surface area contributed by atoms with Gasteiger partial charge in [0.2, 0.25) is 0 Å². The van der Waals surface area contributed by atoms with Crippen LogP contribution >= 0.6 is 0 Å².